The Labute approximate surface area is 89.4 Å². The lowest BCUT2D eigenvalue weighted by Crippen LogP contribution is -2.02. The molecule has 0 aliphatic carbocycles. The second-order valence-electron chi connectivity index (χ2n) is 3.45. The van der Waals surface area contributed by atoms with E-state index in [1.807, 2.05) is 36.5 Å². The maximum absolute atomic E-state index is 8.67. The fourth-order valence-electron chi connectivity index (χ4n) is 1.63. The highest BCUT2D eigenvalue weighted by Gasteiger charge is 2.00. The molecule has 0 unspecified atom stereocenters. The lowest BCUT2D eigenvalue weighted by atomic mass is 10.2. The molecular formula is C13H12N2. The van der Waals surface area contributed by atoms with Gasteiger partial charge in [-0.2, -0.15) is 5.26 Å². The molecule has 15 heavy (non-hydrogen) atoms. The zero-order valence-electron chi connectivity index (χ0n) is 8.43. The minimum atomic E-state index is 0.472. The summed E-state index contributed by atoms with van der Waals surface area (Å²) in [6, 6.07) is 16.4. The van der Waals surface area contributed by atoms with Crippen LogP contribution in [0.4, 0.5) is 0 Å². The number of hydrogen-bond donors (Lipinski definition) is 0. The molecule has 2 heteroatoms. The Hall–Kier alpha value is -2.01. The van der Waals surface area contributed by atoms with Gasteiger partial charge in [-0.3, -0.25) is 0 Å². The minimum Gasteiger partial charge on any atom is -0.346 e. The van der Waals surface area contributed by atoms with E-state index in [4.69, 9.17) is 5.26 Å². The average molecular weight is 196 g/mol. The lowest BCUT2D eigenvalue weighted by Gasteiger charge is -2.06. The number of hydrogen-bond acceptors (Lipinski definition) is 1. The lowest BCUT2D eigenvalue weighted by molar-refractivity contribution is 0.764. The number of aromatic nitrogens is 1. The molecule has 0 aliphatic heterocycles. The van der Waals surface area contributed by atoms with E-state index >= 15 is 0 Å². The van der Waals surface area contributed by atoms with Crippen LogP contribution in [0.25, 0.3) is 0 Å². The summed E-state index contributed by atoms with van der Waals surface area (Å²) >= 11 is 0. The monoisotopic (exact) mass is 196 g/mol. The van der Waals surface area contributed by atoms with E-state index < -0.39 is 0 Å². The predicted molar refractivity (Wildman–Crippen MR) is 59.3 cm³/mol. The van der Waals surface area contributed by atoms with Gasteiger partial charge in [0, 0.05) is 18.4 Å². The largest absolute Gasteiger partial charge is 0.346 e. The van der Waals surface area contributed by atoms with E-state index in [1.165, 1.54) is 5.56 Å². The molecule has 0 saturated heterocycles. The number of nitrogens with zero attached hydrogens (tertiary/aromatic N) is 2. The van der Waals surface area contributed by atoms with Gasteiger partial charge < -0.3 is 4.57 Å². The second kappa shape index (κ2) is 4.47. The number of rotatable bonds is 3. The van der Waals surface area contributed by atoms with Crippen LogP contribution < -0.4 is 0 Å². The van der Waals surface area contributed by atoms with Crippen molar-refractivity contribution >= 4 is 0 Å². The first kappa shape index (κ1) is 9.54. The van der Waals surface area contributed by atoms with Crippen LogP contribution in [0.2, 0.25) is 0 Å². The molecule has 1 aromatic carbocycles. The van der Waals surface area contributed by atoms with Crippen LogP contribution in [0.1, 0.15) is 11.3 Å². The quantitative estimate of drug-likeness (QED) is 0.741. The van der Waals surface area contributed by atoms with Gasteiger partial charge in [0.15, 0.2) is 0 Å². The zero-order chi connectivity index (χ0) is 10.5. The third-order valence-electron chi connectivity index (χ3n) is 2.38. The molecule has 1 aromatic heterocycles. The van der Waals surface area contributed by atoms with Gasteiger partial charge in [0.2, 0.25) is 0 Å². The van der Waals surface area contributed by atoms with Gasteiger partial charge in [-0.15, -0.1) is 0 Å². The van der Waals surface area contributed by atoms with Crippen LogP contribution >= 0.6 is 0 Å². The first-order valence-corrected chi connectivity index (χ1v) is 4.95. The van der Waals surface area contributed by atoms with Crippen LogP contribution in [0.3, 0.4) is 0 Å². The molecule has 2 aromatic rings. The van der Waals surface area contributed by atoms with Crippen molar-refractivity contribution in [3.05, 3.63) is 59.9 Å². The molecule has 74 valence electrons. The number of benzene rings is 1. The fraction of sp³-hybridized carbons (Fsp3) is 0.154. The van der Waals surface area contributed by atoms with Gasteiger partial charge in [0.1, 0.15) is 0 Å². The molecule has 0 radical (unpaired) electrons. The van der Waals surface area contributed by atoms with Gasteiger partial charge >= 0.3 is 0 Å². The van der Waals surface area contributed by atoms with Crippen molar-refractivity contribution < 1.29 is 0 Å². The Morgan fingerprint density at radius 3 is 2.60 bits per heavy atom. The van der Waals surface area contributed by atoms with Crippen LogP contribution in [-0.4, -0.2) is 4.57 Å². The van der Waals surface area contributed by atoms with E-state index in [1.54, 1.807) is 0 Å². The Morgan fingerprint density at radius 2 is 1.87 bits per heavy atom. The summed E-state index contributed by atoms with van der Waals surface area (Å²) in [4.78, 5) is 0. The minimum absolute atomic E-state index is 0.472. The molecule has 2 nitrogen and oxygen atoms in total. The summed E-state index contributed by atoms with van der Waals surface area (Å²) in [5.41, 5.74) is 2.33. The van der Waals surface area contributed by atoms with Gasteiger partial charge in [0.05, 0.1) is 12.5 Å². The van der Waals surface area contributed by atoms with E-state index in [9.17, 15) is 0 Å². The predicted octanol–water partition coefficient (Wildman–Crippen LogP) is 2.60. The zero-order valence-corrected chi connectivity index (χ0v) is 8.43. The highest BCUT2D eigenvalue weighted by Crippen LogP contribution is 2.07. The summed E-state index contributed by atoms with van der Waals surface area (Å²) in [5, 5.41) is 8.67. The first-order chi connectivity index (χ1) is 7.40. The highest BCUT2D eigenvalue weighted by atomic mass is 15.0. The highest BCUT2D eigenvalue weighted by molar-refractivity contribution is 5.18. The maximum atomic E-state index is 8.67. The molecular weight excluding hydrogens is 184 g/mol. The standard InChI is InChI=1S/C13H12N2/c14-9-8-13-7-4-10-15(13)11-12-5-2-1-3-6-12/h1-7,10H,8,11H2. The maximum Gasteiger partial charge on any atom is 0.0754 e. The van der Waals surface area contributed by atoms with Crippen LogP contribution in [0, 0.1) is 11.3 Å². The normalized spacial score (nSPS) is 9.80. The SMILES string of the molecule is N#CCc1cccn1Cc1ccccc1. The third kappa shape index (κ3) is 2.26. The fourth-order valence-corrected chi connectivity index (χ4v) is 1.63. The van der Waals surface area contributed by atoms with Crippen molar-refractivity contribution in [1.29, 1.82) is 5.26 Å². The number of nitriles is 1. The van der Waals surface area contributed by atoms with E-state index in [2.05, 4.69) is 22.8 Å². The molecule has 0 amide bonds. The molecule has 2 rings (SSSR count). The van der Waals surface area contributed by atoms with Crippen LogP contribution in [0.5, 0.6) is 0 Å². The summed E-state index contributed by atoms with van der Waals surface area (Å²) in [5.74, 6) is 0. The van der Waals surface area contributed by atoms with Crippen molar-refractivity contribution in [1.82, 2.24) is 4.57 Å². The second-order valence-corrected chi connectivity index (χ2v) is 3.45. The molecule has 0 aliphatic rings. The smallest absolute Gasteiger partial charge is 0.0754 e. The summed E-state index contributed by atoms with van der Waals surface area (Å²) in [6.45, 7) is 0.838. The molecule has 1 heterocycles. The summed E-state index contributed by atoms with van der Waals surface area (Å²) in [6.07, 6.45) is 2.49. The van der Waals surface area contributed by atoms with Crippen LogP contribution in [-0.2, 0) is 13.0 Å². The topological polar surface area (TPSA) is 28.7 Å². The van der Waals surface area contributed by atoms with Crippen molar-refractivity contribution in [2.45, 2.75) is 13.0 Å². The summed E-state index contributed by atoms with van der Waals surface area (Å²) in [7, 11) is 0. The van der Waals surface area contributed by atoms with Crippen LogP contribution in [0.15, 0.2) is 48.7 Å². The molecule has 0 fully saturated rings. The van der Waals surface area contributed by atoms with Crippen molar-refractivity contribution in [3.8, 4) is 6.07 Å². The van der Waals surface area contributed by atoms with Crippen molar-refractivity contribution in [3.63, 3.8) is 0 Å². The van der Waals surface area contributed by atoms with Crippen molar-refractivity contribution in [2.75, 3.05) is 0 Å². The van der Waals surface area contributed by atoms with E-state index in [-0.39, 0.29) is 0 Å². The van der Waals surface area contributed by atoms with Gasteiger partial charge in [-0.25, -0.2) is 0 Å². The van der Waals surface area contributed by atoms with E-state index in [0.29, 0.717) is 6.42 Å². The van der Waals surface area contributed by atoms with Gasteiger partial charge in [-0.05, 0) is 17.7 Å². The molecule has 0 spiro atoms. The molecule has 0 N–H and O–H groups in total. The Bertz CT molecular complexity index is 463. The average Bonchev–Trinajstić information content (AvgIpc) is 2.68. The molecule has 0 saturated carbocycles. The summed E-state index contributed by atoms with van der Waals surface area (Å²) < 4.78 is 2.11. The Morgan fingerprint density at radius 1 is 1.07 bits per heavy atom. The first-order valence-electron chi connectivity index (χ1n) is 4.95. The Balaban J connectivity index is 2.18. The molecule has 0 bridgehead atoms. The van der Waals surface area contributed by atoms with Gasteiger partial charge in [-0.1, -0.05) is 30.3 Å². The van der Waals surface area contributed by atoms with E-state index in [0.717, 1.165) is 12.2 Å². The third-order valence-corrected chi connectivity index (χ3v) is 2.38. The van der Waals surface area contributed by atoms with Gasteiger partial charge in [0.25, 0.3) is 0 Å². The Kier molecular flexibility index (Phi) is 2.85. The van der Waals surface area contributed by atoms with Crippen molar-refractivity contribution in [2.24, 2.45) is 0 Å². The molecule has 0 atom stereocenters.